The highest BCUT2D eigenvalue weighted by atomic mass is 16.5. The largest absolute Gasteiger partial charge is 0.472 e. The number of ether oxygens (including phenoxy) is 1. The first kappa shape index (κ1) is 20.7. The Labute approximate surface area is 175 Å². The summed E-state index contributed by atoms with van der Waals surface area (Å²) in [5, 5.41) is 3.41. The second-order valence-corrected chi connectivity index (χ2v) is 10.1. The Balaban J connectivity index is 1.52. The highest BCUT2D eigenvalue weighted by Gasteiger charge is 2.57. The van der Waals surface area contributed by atoms with E-state index >= 15 is 0 Å². The molecule has 29 heavy (non-hydrogen) atoms. The van der Waals surface area contributed by atoms with E-state index in [2.05, 4.69) is 31.8 Å². The Morgan fingerprint density at radius 2 is 2.03 bits per heavy atom. The third-order valence-electron chi connectivity index (χ3n) is 8.40. The molecule has 1 amide bonds. The zero-order valence-electron chi connectivity index (χ0n) is 18.2. The molecule has 0 unspecified atom stereocenters. The second-order valence-electron chi connectivity index (χ2n) is 10.1. The average molecular weight is 400 g/mol. The minimum atomic E-state index is -0.278. The van der Waals surface area contributed by atoms with Crippen LogP contribution >= 0.6 is 0 Å². The van der Waals surface area contributed by atoms with Crippen molar-refractivity contribution in [3.05, 3.63) is 36.3 Å². The van der Waals surface area contributed by atoms with Crippen molar-refractivity contribution in [1.82, 2.24) is 5.32 Å². The van der Waals surface area contributed by atoms with Crippen LogP contribution in [0.25, 0.3) is 0 Å². The number of amides is 1. The summed E-state index contributed by atoms with van der Waals surface area (Å²) in [6.45, 7) is 10.7. The van der Waals surface area contributed by atoms with Gasteiger partial charge in [0.15, 0.2) is 0 Å². The first-order chi connectivity index (χ1) is 13.9. The second kappa shape index (κ2) is 8.29. The molecule has 3 aliphatic rings. The van der Waals surface area contributed by atoms with E-state index in [9.17, 15) is 4.79 Å². The van der Waals surface area contributed by atoms with Gasteiger partial charge in [0.25, 0.3) is 0 Å². The Hall–Kier alpha value is -1.55. The number of furan rings is 1. The average Bonchev–Trinajstić information content (AvgIpc) is 3.21. The van der Waals surface area contributed by atoms with Crippen LogP contribution < -0.4 is 5.32 Å². The van der Waals surface area contributed by atoms with Gasteiger partial charge in [-0.1, -0.05) is 32.4 Å². The summed E-state index contributed by atoms with van der Waals surface area (Å²) >= 11 is 0. The molecule has 4 nitrogen and oxygen atoms in total. The molecule has 0 bridgehead atoms. The molecule has 1 aliphatic heterocycles. The van der Waals surface area contributed by atoms with Crippen molar-refractivity contribution in [3.63, 3.8) is 0 Å². The number of allylic oxidation sites excluding steroid dienone is 1. The van der Waals surface area contributed by atoms with Gasteiger partial charge in [-0.15, -0.1) is 0 Å². The summed E-state index contributed by atoms with van der Waals surface area (Å²) < 4.78 is 10.7. The van der Waals surface area contributed by atoms with Gasteiger partial charge in [0.05, 0.1) is 12.5 Å². The number of hydrogen-bond acceptors (Lipinski definition) is 3. The van der Waals surface area contributed by atoms with Crippen LogP contribution in [0.1, 0.15) is 70.8 Å². The van der Waals surface area contributed by atoms with Gasteiger partial charge in [0.2, 0.25) is 5.91 Å². The van der Waals surface area contributed by atoms with Gasteiger partial charge in [-0.05, 0) is 80.2 Å². The highest BCUT2D eigenvalue weighted by molar-refractivity contribution is 5.83. The van der Waals surface area contributed by atoms with Crippen molar-refractivity contribution >= 4 is 5.91 Å². The summed E-state index contributed by atoms with van der Waals surface area (Å²) in [5.74, 6) is 1.18. The minimum absolute atomic E-state index is 0.152. The molecule has 0 aromatic carbocycles. The molecule has 2 aliphatic carbocycles. The molecule has 1 aromatic heterocycles. The fourth-order valence-electron chi connectivity index (χ4n) is 6.69. The third kappa shape index (κ3) is 3.93. The van der Waals surface area contributed by atoms with Gasteiger partial charge in [-0.2, -0.15) is 0 Å². The maximum Gasteiger partial charge on any atom is 0.226 e. The lowest BCUT2D eigenvalue weighted by Gasteiger charge is -2.58. The number of rotatable bonds is 5. The quantitative estimate of drug-likeness (QED) is 0.685. The van der Waals surface area contributed by atoms with Crippen molar-refractivity contribution in [2.45, 2.75) is 77.7 Å². The molecular formula is C25H37NO3. The van der Waals surface area contributed by atoms with Crippen molar-refractivity contribution in [2.75, 3.05) is 13.2 Å². The normalized spacial score (nSPS) is 35.9. The van der Waals surface area contributed by atoms with Crippen molar-refractivity contribution in [3.8, 4) is 0 Å². The molecule has 0 spiro atoms. The Morgan fingerprint density at radius 3 is 2.76 bits per heavy atom. The molecule has 1 aromatic rings. The summed E-state index contributed by atoms with van der Waals surface area (Å²) in [6, 6.07) is 2.34. The minimum Gasteiger partial charge on any atom is -0.472 e. The fraction of sp³-hybridized carbons (Fsp3) is 0.720. The first-order valence-corrected chi connectivity index (χ1v) is 11.5. The number of nitrogens with one attached hydrogen (secondary N) is 1. The number of fused-ring (bicyclic) bond motifs is 1. The van der Waals surface area contributed by atoms with E-state index in [-0.39, 0.29) is 22.8 Å². The third-order valence-corrected chi connectivity index (χ3v) is 8.40. The molecule has 2 saturated carbocycles. The molecule has 1 saturated heterocycles. The zero-order chi connectivity index (χ0) is 20.5. The molecule has 4 atom stereocenters. The van der Waals surface area contributed by atoms with Gasteiger partial charge in [0.1, 0.15) is 0 Å². The summed E-state index contributed by atoms with van der Waals surface area (Å²) in [5.41, 5.74) is 2.53. The summed E-state index contributed by atoms with van der Waals surface area (Å²) in [7, 11) is 0. The molecule has 3 fully saturated rings. The zero-order valence-corrected chi connectivity index (χ0v) is 18.2. The van der Waals surface area contributed by atoms with Crippen molar-refractivity contribution < 1.29 is 13.9 Å². The molecule has 0 radical (unpaired) electrons. The van der Waals surface area contributed by atoms with Crippen LogP contribution in [0.2, 0.25) is 0 Å². The molecule has 160 valence electrons. The molecule has 1 N–H and O–H groups in total. The predicted octanol–water partition coefficient (Wildman–Crippen LogP) is 5.29. The lowest BCUT2D eigenvalue weighted by Crippen LogP contribution is -2.57. The molecule has 4 rings (SSSR count). The summed E-state index contributed by atoms with van der Waals surface area (Å²) in [6.07, 6.45) is 13.1. The van der Waals surface area contributed by atoms with E-state index in [4.69, 9.17) is 9.15 Å². The lowest BCUT2D eigenvalue weighted by molar-refractivity contribution is -0.147. The topological polar surface area (TPSA) is 51.5 Å². The smallest absolute Gasteiger partial charge is 0.226 e. The van der Waals surface area contributed by atoms with Crippen LogP contribution in [0, 0.1) is 22.7 Å². The number of carbonyl (C=O) groups excluding carboxylic acids is 1. The van der Waals surface area contributed by atoms with E-state index in [0.29, 0.717) is 11.8 Å². The standard InChI is InChI=1S/C25H37NO3/c1-18-5-8-22-24(2,21(18)7-6-19-9-14-29-17-19)12-4-13-25(22,3)23(27)26-20-10-15-28-16-11-20/h9,14,17,20-22H,1,4-8,10-13,15-16H2,2-3H3,(H,26,27)/t21-,22+,24+,25+/m1/s1. The van der Waals surface area contributed by atoms with Crippen molar-refractivity contribution in [2.24, 2.45) is 22.7 Å². The lowest BCUT2D eigenvalue weighted by atomic mass is 9.46. The van der Waals surface area contributed by atoms with Crippen LogP contribution in [-0.4, -0.2) is 25.2 Å². The molecule has 4 heteroatoms. The predicted molar refractivity (Wildman–Crippen MR) is 114 cm³/mol. The van der Waals surface area contributed by atoms with Crippen LogP contribution in [-0.2, 0) is 16.0 Å². The van der Waals surface area contributed by atoms with Crippen LogP contribution in [0.4, 0.5) is 0 Å². The number of hydrogen-bond donors (Lipinski definition) is 1. The van der Waals surface area contributed by atoms with E-state index in [1.54, 1.807) is 6.26 Å². The maximum absolute atomic E-state index is 13.5. The van der Waals surface area contributed by atoms with Crippen LogP contribution in [0.3, 0.4) is 0 Å². The van der Waals surface area contributed by atoms with Gasteiger partial charge < -0.3 is 14.5 Å². The van der Waals surface area contributed by atoms with Gasteiger partial charge in [-0.3, -0.25) is 4.79 Å². The summed E-state index contributed by atoms with van der Waals surface area (Å²) in [4.78, 5) is 13.5. The van der Waals surface area contributed by atoms with Crippen LogP contribution in [0.15, 0.2) is 35.2 Å². The Morgan fingerprint density at radius 1 is 1.24 bits per heavy atom. The number of carbonyl (C=O) groups is 1. The SMILES string of the molecule is C=C1CC[C@H]2[C@@](C)(CCC[C@]2(C)C(=O)NC2CCOCC2)[C@@H]1CCc1ccoc1. The van der Waals surface area contributed by atoms with Gasteiger partial charge in [0, 0.05) is 24.7 Å². The van der Waals surface area contributed by atoms with Gasteiger partial charge in [-0.25, -0.2) is 0 Å². The Kier molecular flexibility index (Phi) is 5.92. The monoisotopic (exact) mass is 399 g/mol. The van der Waals surface area contributed by atoms with E-state index in [0.717, 1.165) is 64.6 Å². The highest BCUT2D eigenvalue weighted by Crippen LogP contribution is 2.62. The van der Waals surface area contributed by atoms with E-state index in [1.807, 2.05) is 6.26 Å². The van der Waals surface area contributed by atoms with Crippen LogP contribution in [0.5, 0.6) is 0 Å². The van der Waals surface area contributed by atoms with E-state index < -0.39 is 0 Å². The molecular weight excluding hydrogens is 362 g/mol. The molecule has 2 heterocycles. The maximum atomic E-state index is 13.5. The van der Waals surface area contributed by atoms with Crippen molar-refractivity contribution in [1.29, 1.82) is 0 Å². The Bertz CT molecular complexity index is 720. The van der Waals surface area contributed by atoms with Gasteiger partial charge >= 0.3 is 0 Å². The number of aryl methyl sites for hydroxylation is 1. The van der Waals surface area contributed by atoms with E-state index in [1.165, 1.54) is 17.6 Å². The first-order valence-electron chi connectivity index (χ1n) is 11.5. The fourth-order valence-corrected chi connectivity index (χ4v) is 6.69.